The predicted molar refractivity (Wildman–Crippen MR) is 97.8 cm³/mol. The van der Waals surface area contributed by atoms with Gasteiger partial charge in [0.05, 0.1) is 18.7 Å². The number of alkyl halides is 2. The lowest BCUT2D eigenvalue weighted by Crippen LogP contribution is -2.16. The molecule has 0 bridgehead atoms. The fourth-order valence-corrected chi connectivity index (χ4v) is 4.07. The van der Waals surface area contributed by atoms with Gasteiger partial charge in [0.2, 0.25) is 0 Å². The number of benzene rings is 2. The van der Waals surface area contributed by atoms with Gasteiger partial charge >= 0.3 is 6.61 Å². The SMILES string of the molecule is Cc1cc(Cl)c2c(c1OC(F)F)Cn1c(nc3c(F)cc(Br)cc31)COC2. The van der Waals surface area contributed by atoms with Gasteiger partial charge in [-0.05, 0) is 30.7 Å². The van der Waals surface area contributed by atoms with E-state index in [0.29, 0.717) is 37.5 Å². The summed E-state index contributed by atoms with van der Waals surface area (Å²) in [6, 6.07) is 4.62. The molecule has 4 nitrogen and oxygen atoms in total. The Morgan fingerprint density at radius 1 is 1.26 bits per heavy atom. The highest BCUT2D eigenvalue weighted by Gasteiger charge is 2.25. The molecule has 1 aliphatic heterocycles. The van der Waals surface area contributed by atoms with E-state index in [9.17, 15) is 13.2 Å². The molecule has 9 heteroatoms. The van der Waals surface area contributed by atoms with Crippen molar-refractivity contribution in [2.45, 2.75) is 33.3 Å². The number of hydrogen-bond acceptors (Lipinski definition) is 3. The van der Waals surface area contributed by atoms with Crippen molar-refractivity contribution in [1.82, 2.24) is 9.55 Å². The molecule has 0 fully saturated rings. The van der Waals surface area contributed by atoms with Crippen LogP contribution in [0.25, 0.3) is 11.0 Å². The first-order valence-electron chi connectivity index (χ1n) is 8.02. The number of rotatable bonds is 2. The molecule has 0 atom stereocenters. The second kappa shape index (κ2) is 7.00. The average Bonchev–Trinajstić information content (AvgIpc) is 2.88. The molecule has 1 aromatic heterocycles. The van der Waals surface area contributed by atoms with Gasteiger partial charge in [0.15, 0.2) is 5.82 Å². The zero-order valence-electron chi connectivity index (χ0n) is 14.0. The maximum absolute atomic E-state index is 14.3. The predicted octanol–water partition coefficient (Wildman–Crippen LogP) is 5.58. The quantitative estimate of drug-likeness (QED) is 0.500. The Hall–Kier alpha value is -1.77. The third-order valence-corrected chi connectivity index (χ3v) is 5.28. The molecule has 0 saturated carbocycles. The van der Waals surface area contributed by atoms with E-state index in [1.54, 1.807) is 23.6 Å². The van der Waals surface area contributed by atoms with Crippen LogP contribution in [0.2, 0.25) is 5.02 Å². The van der Waals surface area contributed by atoms with Crippen LogP contribution in [0.4, 0.5) is 13.2 Å². The van der Waals surface area contributed by atoms with Crippen molar-refractivity contribution in [1.29, 1.82) is 0 Å². The molecule has 142 valence electrons. The minimum absolute atomic E-state index is 0.0539. The Morgan fingerprint density at radius 3 is 2.78 bits per heavy atom. The van der Waals surface area contributed by atoms with Crippen LogP contribution in [-0.4, -0.2) is 16.2 Å². The first-order chi connectivity index (χ1) is 12.8. The average molecular weight is 462 g/mol. The topological polar surface area (TPSA) is 36.3 Å². The second-order valence-corrected chi connectivity index (χ2v) is 7.53. The summed E-state index contributed by atoms with van der Waals surface area (Å²) in [5.41, 5.74) is 2.24. The van der Waals surface area contributed by atoms with Crippen molar-refractivity contribution < 1.29 is 22.6 Å². The summed E-state index contributed by atoms with van der Waals surface area (Å²) in [4.78, 5) is 4.32. The van der Waals surface area contributed by atoms with E-state index in [0.717, 1.165) is 0 Å². The molecule has 0 amide bonds. The highest BCUT2D eigenvalue weighted by Crippen LogP contribution is 2.37. The summed E-state index contributed by atoms with van der Waals surface area (Å²) in [7, 11) is 0. The van der Waals surface area contributed by atoms with E-state index in [2.05, 4.69) is 20.9 Å². The molecule has 0 N–H and O–H groups in total. The lowest BCUT2D eigenvalue weighted by Gasteiger charge is -2.22. The highest BCUT2D eigenvalue weighted by molar-refractivity contribution is 9.10. The molecule has 2 heterocycles. The van der Waals surface area contributed by atoms with Gasteiger partial charge in [-0.1, -0.05) is 27.5 Å². The van der Waals surface area contributed by atoms with E-state index < -0.39 is 12.4 Å². The third kappa shape index (κ3) is 3.30. The van der Waals surface area contributed by atoms with Gasteiger partial charge in [-0.15, -0.1) is 0 Å². The Bertz CT molecular complexity index is 1060. The lowest BCUT2D eigenvalue weighted by molar-refractivity contribution is -0.0511. The van der Waals surface area contributed by atoms with Crippen LogP contribution in [0.3, 0.4) is 0 Å². The molecule has 0 spiro atoms. The first-order valence-corrected chi connectivity index (χ1v) is 9.19. The number of hydrogen-bond donors (Lipinski definition) is 0. The molecular formula is C18H13BrClF3N2O2. The van der Waals surface area contributed by atoms with Crippen LogP contribution < -0.4 is 4.74 Å². The molecule has 2 aromatic carbocycles. The summed E-state index contributed by atoms with van der Waals surface area (Å²) in [6.45, 7) is -0.925. The van der Waals surface area contributed by atoms with Gasteiger partial charge < -0.3 is 14.0 Å². The van der Waals surface area contributed by atoms with Crippen LogP contribution in [0.15, 0.2) is 22.7 Å². The van der Waals surface area contributed by atoms with Crippen LogP contribution in [0, 0.1) is 12.7 Å². The number of ether oxygens (including phenoxy) is 2. The molecular weight excluding hydrogens is 449 g/mol. The minimum Gasteiger partial charge on any atom is -0.434 e. The smallest absolute Gasteiger partial charge is 0.387 e. The Kier molecular flexibility index (Phi) is 4.82. The van der Waals surface area contributed by atoms with Gasteiger partial charge in [-0.3, -0.25) is 0 Å². The van der Waals surface area contributed by atoms with E-state index in [4.69, 9.17) is 21.1 Å². The summed E-state index contributed by atoms with van der Waals surface area (Å²) >= 11 is 9.61. The molecule has 0 unspecified atom stereocenters. The molecule has 3 aromatic rings. The maximum Gasteiger partial charge on any atom is 0.387 e. The number of halogens is 5. The normalized spacial score (nSPS) is 14.0. The van der Waals surface area contributed by atoms with Crippen molar-refractivity contribution in [3.05, 3.63) is 56.0 Å². The molecule has 4 rings (SSSR count). The maximum atomic E-state index is 14.3. The number of fused-ring (bicyclic) bond motifs is 4. The van der Waals surface area contributed by atoms with E-state index in [1.165, 1.54) is 6.07 Å². The second-order valence-electron chi connectivity index (χ2n) is 6.20. The number of aryl methyl sites for hydroxylation is 1. The van der Waals surface area contributed by atoms with Crippen molar-refractivity contribution in [2.24, 2.45) is 0 Å². The molecule has 1 aliphatic rings. The zero-order valence-corrected chi connectivity index (χ0v) is 16.4. The van der Waals surface area contributed by atoms with Gasteiger partial charge in [-0.2, -0.15) is 8.78 Å². The summed E-state index contributed by atoms with van der Waals surface area (Å²) in [5, 5.41) is 0.407. The van der Waals surface area contributed by atoms with Crippen molar-refractivity contribution in [2.75, 3.05) is 0 Å². The zero-order chi connectivity index (χ0) is 19.3. The van der Waals surface area contributed by atoms with E-state index in [-0.39, 0.29) is 31.0 Å². The van der Waals surface area contributed by atoms with Crippen LogP contribution in [0.5, 0.6) is 5.75 Å². The molecule has 0 aliphatic carbocycles. The summed E-state index contributed by atoms with van der Waals surface area (Å²) in [6.07, 6.45) is 0. The fourth-order valence-electron chi connectivity index (χ4n) is 3.32. The van der Waals surface area contributed by atoms with Gasteiger partial charge in [0, 0.05) is 20.6 Å². The van der Waals surface area contributed by atoms with Gasteiger partial charge in [0.1, 0.15) is 23.7 Å². The number of imidazole rings is 1. The van der Waals surface area contributed by atoms with Crippen molar-refractivity contribution >= 4 is 38.6 Å². The standard InChI is InChI=1S/C18H13BrClF3N2O2/c1-8-2-12(20)11-6-26-7-15-24-16-13(21)3-9(19)4-14(16)25(15)5-10(11)17(8)27-18(22)23/h2-4,18H,5-7H2,1H3. The number of aromatic nitrogens is 2. The highest BCUT2D eigenvalue weighted by atomic mass is 79.9. The Balaban J connectivity index is 1.96. The Morgan fingerprint density at radius 2 is 2.04 bits per heavy atom. The van der Waals surface area contributed by atoms with E-state index in [1.807, 2.05) is 0 Å². The minimum atomic E-state index is -2.98. The number of nitrogens with zero attached hydrogens (tertiary/aromatic N) is 2. The first kappa shape index (κ1) is 18.6. The monoisotopic (exact) mass is 460 g/mol. The third-order valence-electron chi connectivity index (χ3n) is 4.48. The summed E-state index contributed by atoms with van der Waals surface area (Å²) < 4.78 is 53.0. The van der Waals surface area contributed by atoms with Crippen molar-refractivity contribution in [3.8, 4) is 5.75 Å². The molecule has 0 saturated heterocycles. The van der Waals surface area contributed by atoms with Crippen LogP contribution in [-0.2, 0) is 24.5 Å². The van der Waals surface area contributed by atoms with E-state index >= 15 is 0 Å². The van der Waals surface area contributed by atoms with Gasteiger partial charge in [0.25, 0.3) is 0 Å². The Labute approximate surface area is 166 Å². The molecule has 27 heavy (non-hydrogen) atoms. The van der Waals surface area contributed by atoms with Crippen molar-refractivity contribution in [3.63, 3.8) is 0 Å². The fraction of sp³-hybridized carbons (Fsp3) is 0.278. The lowest BCUT2D eigenvalue weighted by atomic mass is 10.0. The van der Waals surface area contributed by atoms with Gasteiger partial charge in [-0.25, -0.2) is 9.37 Å². The largest absolute Gasteiger partial charge is 0.434 e. The van der Waals surface area contributed by atoms with Crippen LogP contribution >= 0.6 is 27.5 Å². The summed E-state index contributed by atoms with van der Waals surface area (Å²) in [5.74, 6) is 0.0663. The van der Waals surface area contributed by atoms with Crippen LogP contribution in [0.1, 0.15) is 22.5 Å². The molecule has 0 radical (unpaired) electrons.